The third-order valence-corrected chi connectivity index (χ3v) is 10.5. The van der Waals surface area contributed by atoms with E-state index in [1.807, 2.05) is 0 Å². The summed E-state index contributed by atoms with van der Waals surface area (Å²) >= 11 is 5.89. The van der Waals surface area contributed by atoms with E-state index in [2.05, 4.69) is 10.4 Å². The van der Waals surface area contributed by atoms with Gasteiger partial charge in [-0.25, -0.2) is 8.42 Å². The second kappa shape index (κ2) is 9.20. The van der Waals surface area contributed by atoms with E-state index < -0.39 is 44.4 Å². The molecule has 3 N–H and O–H groups in total. The molecule has 0 spiro atoms. The molecule has 35 heavy (non-hydrogen) atoms. The van der Waals surface area contributed by atoms with Gasteiger partial charge in [0, 0.05) is 37.3 Å². The number of hydrogen-bond donors (Lipinski definition) is 3. The molecule has 1 aliphatic carbocycles. The Bertz CT molecular complexity index is 1250. The van der Waals surface area contributed by atoms with Crippen LogP contribution in [0, 0.1) is 0 Å². The van der Waals surface area contributed by atoms with Crippen molar-refractivity contribution < 1.29 is 28.2 Å². The van der Waals surface area contributed by atoms with Gasteiger partial charge in [0.25, 0.3) is 11.8 Å². The molecule has 1 aromatic heterocycles. The predicted molar refractivity (Wildman–Crippen MR) is 129 cm³/mol. The number of hydrogen-bond acceptors (Lipinski definition) is 7. The van der Waals surface area contributed by atoms with Crippen molar-refractivity contribution in [3.05, 3.63) is 51.8 Å². The molecule has 1 aromatic carbocycles. The zero-order chi connectivity index (χ0) is 25.6. The second-order valence-electron chi connectivity index (χ2n) is 9.54. The van der Waals surface area contributed by atoms with Gasteiger partial charge in [0.05, 0.1) is 18.0 Å². The van der Waals surface area contributed by atoms with Crippen LogP contribution in [0.3, 0.4) is 0 Å². The Morgan fingerprint density at radius 1 is 1.23 bits per heavy atom. The fourth-order valence-electron chi connectivity index (χ4n) is 4.51. The molecule has 1 saturated carbocycles. The van der Waals surface area contributed by atoms with Crippen LogP contribution in [0.2, 0.25) is 5.02 Å². The highest BCUT2D eigenvalue weighted by Gasteiger charge is 2.62. The van der Waals surface area contributed by atoms with Gasteiger partial charge in [-0.1, -0.05) is 23.7 Å². The third kappa shape index (κ3) is 4.35. The number of sulfone groups is 1. The smallest absolute Gasteiger partial charge is 0.272 e. The number of nitrogens with zero attached hydrogens (tertiary/aromatic N) is 3. The minimum absolute atomic E-state index is 0.0352. The molecular weight excluding hydrogens is 496 g/mol. The van der Waals surface area contributed by atoms with E-state index in [0.29, 0.717) is 29.8 Å². The van der Waals surface area contributed by atoms with Crippen LogP contribution < -0.4 is 5.32 Å². The summed E-state index contributed by atoms with van der Waals surface area (Å²) < 4.78 is 25.0. The van der Waals surface area contributed by atoms with Gasteiger partial charge in [-0.3, -0.25) is 14.3 Å². The highest BCUT2D eigenvalue weighted by molar-refractivity contribution is 7.94. The summed E-state index contributed by atoms with van der Waals surface area (Å²) in [6.07, 6.45) is 1.06. The number of aliphatic hydroxyl groups is 2. The predicted octanol–water partition coefficient (Wildman–Crippen LogP) is 0.692. The molecule has 12 heteroatoms. The average molecular weight is 525 g/mol. The average Bonchev–Trinajstić information content (AvgIpc) is 3.56. The number of aromatic nitrogens is 2. The normalized spacial score (nSPS) is 17.3. The van der Waals surface area contributed by atoms with Crippen molar-refractivity contribution in [2.45, 2.75) is 42.2 Å². The van der Waals surface area contributed by atoms with Crippen molar-refractivity contribution in [2.24, 2.45) is 7.05 Å². The van der Waals surface area contributed by atoms with Crippen molar-refractivity contribution in [3.8, 4) is 0 Å². The van der Waals surface area contributed by atoms with Gasteiger partial charge in [0.15, 0.2) is 15.5 Å². The largest absolute Gasteiger partial charge is 0.395 e. The third-order valence-electron chi connectivity index (χ3n) is 7.02. The molecule has 2 aromatic rings. The van der Waals surface area contributed by atoms with Gasteiger partial charge in [0.2, 0.25) is 0 Å². The van der Waals surface area contributed by atoms with E-state index in [9.17, 15) is 28.2 Å². The standard InChI is InChI=1S/C23H29ClN4O6S/c1-22(13-29,14-30)35(33,34)23(8-9-23)12-28-10-7-17-18(26-27(2)19(17)21(28)32)20(31)25-11-15-3-5-16(24)6-4-15/h3-6,29-30H,7-14H2,1-2H3,(H,25,31). The number of rotatable bonds is 9. The van der Waals surface area contributed by atoms with Gasteiger partial charge < -0.3 is 20.4 Å². The van der Waals surface area contributed by atoms with Gasteiger partial charge in [-0.15, -0.1) is 0 Å². The molecule has 0 bridgehead atoms. The van der Waals surface area contributed by atoms with Crippen LogP contribution in [0.5, 0.6) is 0 Å². The van der Waals surface area contributed by atoms with E-state index in [1.165, 1.54) is 16.5 Å². The van der Waals surface area contributed by atoms with Crippen LogP contribution in [-0.2, 0) is 29.9 Å². The van der Waals surface area contributed by atoms with Crippen LogP contribution >= 0.6 is 11.6 Å². The molecule has 4 rings (SSSR count). The van der Waals surface area contributed by atoms with E-state index >= 15 is 0 Å². The summed E-state index contributed by atoms with van der Waals surface area (Å²) in [6.45, 7) is 0.377. The zero-order valence-corrected chi connectivity index (χ0v) is 21.2. The van der Waals surface area contributed by atoms with E-state index in [4.69, 9.17) is 11.6 Å². The Balaban J connectivity index is 1.51. The van der Waals surface area contributed by atoms with E-state index in [-0.39, 0.29) is 31.0 Å². The van der Waals surface area contributed by atoms with Crippen molar-refractivity contribution in [1.82, 2.24) is 20.0 Å². The highest BCUT2D eigenvalue weighted by atomic mass is 35.5. The molecule has 0 unspecified atom stereocenters. The lowest BCUT2D eigenvalue weighted by Gasteiger charge is -2.35. The van der Waals surface area contributed by atoms with E-state index in [0.717, 1.165) is 5.56 Å². The Hall–Kier alpha value is -2.47. The topological polar surface area (TPSA) is 142 Å². The number of aliphatic hydroxyl groups excluding tert-OH is 2. The Kier molecular flexibility index (Phi) is 6.73. The number of carbonyl (C=O) groups is 2. The summed E-state index contributed by atoms with van der Waals surface area (Å²) in [5.74, 6) is -0.796. The monoisotopic (exact) mass is 524 g/mol. The van der Waals surface area contributed by atoms with Gasteiger partial charge in [-0.2, -0.15) is 5.10 Å². The van der Waals surface area contributed by atoms with Crippen LogP contribution in [0.15, 0.2) is 24.3 Å². The first-order valence-electron chi connectivity index (χ1n) is 11.3. The van der Waals surface area contributed by atoms with Crippen molar-refractivity contribution in [2.75, 3.05) is 26.3 Å². The molecular formula is C23H29ClN4O6S. The lowest BCUT2D eigenvalue weighted by Crippen LogP contribution is -2.54. The van der Waals surface area contributed by atoms with Crippen molar-refractivity contribution in [3.63, 3.8) is 0 Å². The number of carbonyl (C=O) groups excluding carboxylic acids is 2. The quantitative estimate of drug-likeness (QED) is 0.438. The number of fused-ring (bicyclic) bond motifs is 1. The highest BCUT2D eigenvalue weighted by Crippen LogP contribution is 2.49. The number of halogens is 1. The second-order valence-corrected chi connectivity index (χ2v) is 12.8. The minimum atomic E-state index is -3.93. The lowest BCUT2D eigenvalue weighted by atomic mass is 10.0. The molecule has 190 valence electrons. The Morgan fingerprint density at radius 2 is 1.86 bits per heavy atom. The molecule has 2 heterocycles. The molecule has 0 saturated heterocycles. The first-order chi connectivity index (χ1) is 16.5. The fraction of sp³-hybridized carbons (Fsp3) is 0.522. The fourth-order valence-corrected chi connectivity index (χ4v) is 6.99. The van der Waals surface area contributed by atoms with Gasteiger partial charge >= 0.3 is 0 Å². The summed E-state index contributed by atoms with van der Waals surface area (Å²) in [5.41, 5.74) is 1.83. The van der Waals surface area contributed by atoms with Crippen LogP contribution in [0.1, 0.15) is 51.9 Å². The van der Waals surface area contributed by atoms with Crippen LogP contribution in [0.4, 0.5) is 0 Å². The maximum absolute atomic E-state index is 13.3. The van der Waals surface area contributed by atoms with Crippen molar-refractivity contribution >= 4 is 33.3 Å². The molecule has 1 aliphatic heterocycles. The van der Waals surface area contributed by atoms with Gasteiger partial charge in [0.1, 0.15) is 10.4 Å². The van der Waals surface area contributed by atoms with Crippen molar-refractivity contribution in [1.29, 1.82) is 0 Å². The molecule has 0 atom stereocenters. The summed E-state index contributed by atoms with van der Waals surface area (Å²) in [6, 6.07) is 7.07. The zero-order valence-electron chi connectivity index (χ0n) is 19.6. The number of benzene rings is 1. The number of nitrogens with one attached hydrogen (secondary N) is 1. The Morgan fingerprint density at radius 3 is 2.43 bits per heavy atom. The number of aryl methyl sites for hydroxylation is 1. The summed E-state index contributed by atoms with van der Waals surface area (Å²) in [5, 5.41) is 27.0. The minimum Gasteiger partial charge on any atom is -0.395 e. The maximum atomic E-state index is 13.3. The van der Waals surface area contributed by atoms with E-state index in [1.54, 1.807) is 31.3 Å². The first kappa shape index (κ1) is 25.6. The number of amides is 2. The maximum Gasteiger partial charge on any atom is 0.272 e. The SMILES string of the molecule is Cn1nc(C(=O)NCc2ccc(Cl)cc2)c2c1C(=O)N(CC1(S(=O)(=O)C(C)(CO)CO)CC1)CC2. The van der Waals surface area contributed by atoms with Gasteiger partial charge in [-0.05, 0) is 43.9 Å². The van der Waals surface area contributed by atoms with Crippen LogP contribution in [0.25, 0.3) is 0 Å². The molecule has 2 amide bonds. The van der Waals surface area contributed by atoms with Crippen LogP contribution in [-0.4, -0.2) is 80.9 Å². The molecule has 0 radical (unpaired) electrons. The molecule has 1 fully saturated rings. The lowest BCUT2D eigenvalue weighted by molar-refractivity contribution is 0.0723. The summed E-state index contributed by atoms with van der Waals surface area (Å²) in [7, 11) is -2.36. The molecule has 2 aliphatic rings. The molecule has 10 nitrogen and oxygen atoms in total. The first-order valence-corrected chi connectivity index (χ1v) is 13.2. The summed E-state index contributed by atoms with van der Waals surface area (Å²) in [4.78, 5) is 27.6. The Labute approximate surface area is 208 Å².